The van der Waals surface area contributed by atoms with E-state index in [-0.39, 0.29) is 0 Å². The van der Waals surface area contributed by atoms with Gasteiger partial charge in [-0.15, -0.1) is 22.7 Å². The van der Waals surface area contributed by atoms with Crippen molar-refractivity contribution in [1.29, 1.82) is 0 Å². The first-order chi connectivity index (χ1) is 44.1. The van der Waals surface area contributed by atoms with Gasteiger partial charge in [-0.2, -0.15) is 0 Å². The molecule has 6 aromatic heterocycles. The molecule has 0 radical (unpaired) electrons. The van der Waals surface area contributed by atoms with Crippen molar-refractivity contribution in [3.8, 4) is 73.5 Å². The molecule has 0 N–H and O–H groups in total. The number of hydrogen-bond donors (Lipinski definition) is 0. The van der Waals surface area contributed by atoms with Gasteiger partial charge < -0.3 is 13.7 Å². The molecule has 0 saturated heterocycles. The van der Waals surface area contributed by atoms with E-state index >= 15 is 0 Å². The molecule has 0 aliphatic carbocycles. The van der Waals surface area contributed by atoms with Gasteiger partial charge in [0.05, 0.1) is 44.5 Å². The quantitative estimate of drug-likeness (QED) is 0.152. The second kappa shape index (κ2) is 19.6. The summed E-state index contributed by atoms with van der Waals surface area (Å²) in [6.45, 7) is 0. The Morgan fingerprint density at radius 3 is 1.15 bits per heavy atom. The van der Waals surface area contributed by atoms with Crippen LogP contribution in [0, 0.1) is 0 Å². The topological polar surface area (TPSA) is 53.5 Å². The van der Waals surface area contributed by atoms with Gasteiger partial charge in [-0.25, -0.2) is 15.0 Å². The molecule has 0 amide bonds. The molecule has 89 heavy (non-hydrogen) atoms. The molecule has 0 aliphatic rings. The van der Waals surface area contributed by atoms with E-state index in [1.54, 1.807) is 22.7 Å². The lowest BCUT2D eigenvalue weighted by Crippen LogP contribution is -2.04. The summed E-state index contributed by atoms with van der Waals surface area (Å²) in [6.07, 6.45) is 0. The average molecular weight is 1170 g/mol. The van der Waals surface area contributed by atoms with E-state index in [9.17, 15) is 0 Å². The molecule has 8 heteroatoms. The van der Waals surface area contributed by atoms with Crippen LogP contribution in [-0.4, -0.2) is 28.7 Å². The summed E-state index contributed by atoms with van der Waals surface area (Å²) in [6, 6.07) is 106. The average Bonchev–Trinajstić information content (AvgIpc) is 1.66. The number of fused-ring (bicyclic) bond motifs is 15. The van der Waals surface area contributed by atoms with Gasteiger partial charge in [0.15, 0.2) is 17.5 Å². The lowest BCUT2D eigenvalue weighted by Gasteiger charge is -2.21. The largest absolute Gasteiger partial charge is 0.309 e. The predicted octanol–water partition coefficient (Wildman–Crippen LogP) is 22.2. The summed E-state index contributed by atoms with van der Waals surface area (Å²) in [4.78, 5) is 16.6. The standard InChI is InChI=1S/C81H48N6S2/c1-3-20-49(21-4-1)64-44-53(81-83-79(51-38-41-61-59-28-11-17-36-73(59)88-75(61)46-51)82-80(84-81)52-39-42-62-60-29-12-18-37-74(60)89-76(62)47-52)45-65(50-22-5-2-6-23-50)78(64)87-71-35-19-34-70(86-68-32-15-9-26-57(68)58-27-10-16-33-69(58)86)77(71)63-43-40-54(48-72(63)87)85-66-30-13-7-24-55(66)56-25-8-14-31-67(56)85/h1-48H. The van der Waals surface area contributed by atoms with E-state index in [1.807, 2.05) is 0 Å². The highest BCUT2D eigenvalue weighted by Gasteiger charge is 2.27. The Bertz CT molecular complexity index is 5820. The number of nitrogens with zero attached hydrogens (tertiary/aromatic N) is 6. The first-order valence-electron chi connectivity index (χ1n) is 30.1. The van der Waals surface area contributed by atoms with Crippen molar-refractivity contribution < 1.29 is 0 Å². The van der Waals surface area contributed by atoms with E-state index in [0.717, 1.165) is 99.9 Å². The van der Waals surface area contributed by atoms with Gasteiger partial charge in [-0.05, 0) is 96.1 Å². The van der Waals surface area contributed by atoms with Crippen LogP contribution in [-0.2, 0) is 0 Å². The smallest absolute Gasteiger partial charge is 0.164 e. The van der Waals surface area contributed by atoms with Gasteiger partial charge in [-0.1, -0.05) is 206 Å². The summed E-state index contributed by atoms with van der Waals surface area (Å²) in [7, 11) is 0. The van der Waals surface area contributed by atoms with Crippen molar-refractivity contribution in [1.82, 2.24) is 28.7 Å². The molecule has 13 aromatic carbocycles. The number of thiophene rings is 2. The van der Waals surface area contributed by atoms with Crippen LogP contribution < -0.4 is 0 Å². The van der Waals surface area contributed by atoms with Crippen molar-refractivity contribution >= 4 is 128 Å². The summed E-state index contributed by atoms with van der Waals surface area (Å²) < 4.78 is 12.4. The molecule has 0 fully saturated rings. The molecule has 0 bridgehead atoms. The highest BCUT2D eigenvalue weighted by molar-refractivity contribution is 7.26. The Morgan fingerprint density at radius 2 is 0.640 bits per heavy atom. The maximum atomic E-state index is 5.57. The van der Waals surface area contributed by atoms with Crippen molar-refractivity contribution in [2.45, 2.75) is 0 Å². The van der Waals surface area contributed by atoms with Gasteiger partial charge in [0.2, 0.25) is 0 Å². The molecule has 0 atom stereocenters. The fourth-order valence-electron chi connectivity index (χ4n) is 14.2. The molecule has 414 valence electrons. The third-order valence-corrected chi connectivity index (χ3v) is 20.3. The number of benzene rings is 13. The zero-order valence-electron chi connectivity index (χ0n) is 47.7. The van der Waals surface area contributed by atoms with Crippen molar-refractivity contribution in [3.63, 3.8) is 0 Å². The van der Waals surface area contributed by atoms with Crippen LogP contribution >= 0.6 is 22.7 Å². The van der Waals surface area contributed by atoms with E-state index < -0.39 is 0 Å². The van der Waals surface area contributed by atoms with E-state index in [0.29, 0.717) is 17.5 Å². The van der Waals surface area contributed by atoms with Crippen molar-refractivity contribution in [3.05, 3.63) is 291 Å². The SMILES string of the molecule is c1ccc(-c2cc(-c3nc(-c4ccc5c(c4)sc4ccccc45)nc(-c4ccc5c(c4)sc4ccccc45)n3)cc(-c3ccccc3)c2-n2c3cc(-n4c5ccccc5c5ccccc54)ccc3c3c(-n4c5ccccc5c5ccccc54)cccc32)cc1. The summed E-state index contributed by atoms with van der Waals surface area (Å²) in [5.74, 6) is 1.82. The second-order valence-corrected chi connectivity index (χ2v) is 25.2. The molecule has 6 nitrogen and oxygen atoms in total. The molecule has 19 rings (SSSR count). The molecule has 19 aromatic rings. The molecule has 0 saturated carbocycles. The Labute approximate surface area is 518 Å². The Hall–Kier alpha value is -11.3. The number of aromatic nitrogens is 6. The highest BCUT2D eigenvalue weighted by atomic mass is 32.1. The van der Waals surface area contributed by atoms with Gasteiger partial charge in [0, 0.05) is 106 Å². The molecule has 6 heterocycles. The first kappa shape index (κ1) is 49.9. The normalized spacial score (nSPS) is 12.0. The zero-order valence-corrected chi connectivity index (χ0v) is 49.3. The van der Waals surface area contributed by atoms with Crippen LogP contribution in [0.3, 0.4) is 0 Å². The Kier molecular flexibility index (Phi) is 11.0. The molecular weight excluding hydrogens is 1120 g/mol. The lowest BCUT2D eigenvalue weighted by molar-refractivity contribution is 1.07. The highest BCUT2D eigenvalue weighted by Crippen LogP contribution is 2.48. The maximum Gasteiger partial charge on any atom is 0.164 e. The zero-order chi connectivity index (χ0) is 58.3. The van der Waals surface area contributed by atoms with Crippen molar-refractivity contribution in [2.75, 3.05) is 0 Å². The minimum Gasteiger partial charge on any atom is -0.309 e. The fraction of sp³-hybridized carbons (Fsp3) is 0. The predicted molar refractivity (Wildman–Crippen MR) is 376 cm³/mol. The van der Waals surface area contributed by atoms with Gasteiger partial charge in [0.1, 0.15) is 0 Å². The second-order valence-electron chi connectivity index (χ2n) is 23.0. The van der Waals surface area contributed by atoms with Crippen LogP contribution in [0.15, 0.2) is 291 Å². The van der Waals surface area contributed by atoms with Gasteiger partial charge in [0.25, 0.3) is 0 Å². The number of rotatable bonds is 8. The van der Waals surface area contributed by atoms with Gasteiger partial charge in [-0.3, -0.25) is 0 Å². The Balaban J connectivity index is 0.920. The first-order valence-corrected chi connectivity index (χ1v) is 31.7. The van der Waals surface area contributed by atoms with Crippen LogP contribution in [0.2, 0.25) is 0 Å². The van der Waals surface area contributed by atoms with Crippen molar-refractivity contribution in [2.24, 2.45) is 0 Å². The van der Waals surface area contributed by atoms with Crippen LogP contribution in [0.1, 0.15) is 0 Å². The molecule has 0 unspecified atom stereocenters. The van der Waals surface area contributed by atoms with E-state index in [1.165, 1.54) is 61.9 Å². The van der Waals surface area contributed by atoms with E-state index in [2.05, 4.69) is 305 Å². The Morgan fingerprint density at radius 1 is 0.236 bits per heavy atom. The minimum atomic E-state index is 0.586. The molecule has 0 aliphatic heterocycles. The maximum absolute atomic E-state index is 5.57. The molecular formula is C81H48N6S2. The van der Waals surface area contributed by atoms with E-state index in [4.69, 9.17) is 15.0 Å². The number of hydrogen-bond acceptors (Lipinski definition) is 5. The fourth-order valence-corrected chi connectivity index (χ4v) is 16.4. The summed E-state index contributed by atoms with van der Waals surface area (Å²) in [5, 5.41) is 12.1. The van der Waals surface area contributed by atoms with Crippen LogP contribution in [0.5, 0.6) is 0 Å². The third kappa shape index (κ3) is 7.71. The summed E-state index contributed by atoms with van der Waals surface area (Å²) in [5.41, 5.74) is 17.0. The summed E-state index contributed by atoms with van der Waals surface area (Å²) >= 11 is 3.60. The third-order valence-electron chi connectivity index (χ3n) is 18.1. The van der Waals surface area contributed by atoms with Crippen LogP contribution in [0.4, 0.5) is 0 Å². The van der Waals surface area contributed by atoms with Gasteiger partial charge >= 0.3 is 0 Å². The van der Waals surface area contributed by atoms with Crippen LogP contribution in [0.25, 0.3) is 179 Å². The lowest BCUT2D eigenvalue weighted by atomic mass is 9.92. The minimum absolute atomic E-state index is 0.586. The number of para-hydroxylation sites is 4. The monoisotopic (exact) mass is 1170 g/mol. The molecule has 0 spiro atoms.